The van der Waals surface area contributed by atoms with Gasteiger partial charge in [-0.2, -0.15) is 0 Å². The van der Waals surface area contributed by atoms with E-state index in [1.54, 1.807) is 0 Å². The summed E-state index contributed by atoms with van der Waals surface area (Å²) < 4.78 is 11.3. The molecule has 0 saturated heterocycles. The van der Waals surface area contributed by atoms with Gasteiger partial charge in [0.05, 0.1) is 70.2 Å². The van der Waals surface area contributed by atoms with Gasteiger partial charge in [0.2, 0.25) is 0 Å². The first-order chi connectivity index (χ1) is 54.9. The van der Waals surface area contributed by atoms with Gasteiger partial charge in [0.1, 0.15) is 0 Å². The second-order valence-electron chi connectivity index (χ2n) is 41.1. The van der Waals surface area contributed by atoms with Crippen molar-refractivity contribution in [2.75, 3.05) is 52.2 Å². The molecule has 2 aliphatic rings. The predicted molar refractivity (Wildman–Crippen MR) is 501 cm³/mol. The monoisotopic (exact) mass is 1560 g/mol. The Hall–Kier alpha value is -11.5. The molecule has 0 atom stereocenters. The highest BCUT2D eigenvalue weighted by atomic mass is 16.5. The van der Waals surface area contributed by atoms with Gasteiger partial charge in [-0.05, 0) is 207 Å². The van der Waals surface area contributed by atoms with Crippen LogP contribution in [-0.4, -0.2) is 74.3 Å². The fourth-order valence-corrected chi connectivity index (χ4v) is 15.6. The van der Waals surface area contributed by atoms with E-state index in [1.807, 2.05) is 12.1 Å². The highest BCUT2D eigenvalue weighted by Gasteiger charge is 2.33. The minimum atomic E-state index is -0.688. The zero-order valence-electron chi connectivity index (χ0n) is 75.6. The molecular weight excluding hydrogens is 1450 g/mol. The quantitative estimate of drug-likeness (QED) is 0.114. The molecule has 0 amide bonds. The smallest absolute Gasteiger partial charge is 0.338 e. The van der Waals surface area contributed by atoms with Gasteiger partial charge in [-0.15, -0.1) is 0 Å². The zero-order valence-corrected chi connectivity index (χ0v) is 75.6. The topological polar surface area (TPSA) is 116 Å². The Morgan fingerprint density at radius 3 is 0.703 bits per heavy atom. The van der Waals surface area contributed by atoms with Crippen LogP contribution in [0.3, 0.4) is 0 Å². The number of H-pyrrole nitrogens is 2. The lowest BCUT2D eigenvalue weighted by Gasteiger charge is -2.26. The number of aromatic nitrogens is 4. The molecule has 8 bridgehead atoms. The van der Waals surface area contributed by atoms with Gasteiger partial charge in [-0.25, -0.2) is 19.6 Å². The maximum Gasteiger partial charge on any atom is 0.338 e. The third kappa shape index (κ3) is 17.0. The summed E-state index contributed by atoms with van der Waals surface area (Å²) in [6, 6.07) is 53.2. The second-order valence-corrected chi connectivity index (χ2v) is 41.1. The molecule has 0 radical (unpaired) electrons. The van der Waals surface area contributed by atoms with E-state index < -0.39 is 11.9 Å². The van der Waals surface area contributed by atoms with Crippen LogP contribution in [0.2, 0.25) is 0 Å². The van der Waals surface area contributed by atoms with Crippen molar-refractivity contribution in [2.24, 2.45) is 0 Å². The van der Waals surface area contributed by atoms with E-state index in [9.17, 15) is 9.59 Å². The number of nitrogens with one attached hydrogen (secondary N) is 2. The largest absolute Gasteiger partial charge is 0.465 e. The van der Waals surface area contributed by atoms with Crippen LogP contribution >= 0.6 is 0 Å². The molecule has 5 heterocycles. The standard InChI is InChI=1S/C108H120N6O4/c1-101(2,3)71-47-67(48-72(57-71)102(4,5)6)91-87-43-45-89(109-87)93(69-51-75(105(13,14)15)59-76(52-69)106(16,17)18)97-83-61-85(99(115)117-29)86(100(116)118-30)62-84(83)98(112-97)94(70-53-77(107(19,20)21)60-78(54-70)108(22,23)24)90-46-44-88(110-90)92(68-49-73(103(7,8)9)58-74(50-68)104(10,11)12)96-82-56-66(38-32-64-35-41-80(42-36-64)114(27)28)65(55-81(82)95(91)111-96)37-31-63-33-39-79(40-34-63)113(25)26/h33-36,39-62,111-112H,1-30H3. The van der Waals surface area contributed by atoms with Gasteiger partial charge in [-0.1, -0.05) is 263 Å². The van der Waals surface area contributed by atoms with Gasteiger partial charge in [0.15, 0.2) is 0 Å². The average molecular weight is 1570 g/mol. The number of hydrogen-bond acceptors (Lipinski definition) is 8. The Balaban J connectivity index is 1.42. The molecule has 606 valence electrons. The van der Waals surface area contributed by atoms with Crippen molar-refractivity contribution in [3.63, 3.8) is 0 Å². The van der Waals surface area contributed by atoms with E-state index in [-0.39, 0.29) is 54.4 Å². The summed E-state index contributed by atoms with van der Waals surface area (Å²) in [5, 5.41) is 3.13. The highest BCUT2D eigenvalue weighted by Crippen LogP contribution is 2.49. The molecule has 8 aromatic carbocycles. The van der Waals surface area contributed by atoms with E-state index >= 15 is 0 Å². The van der Waals surface area contributed by atoms with Crippen molar-refractivity contribution >= 4 is 91.2 Å². The predicted octanol–water partition coefficient (Wildman–Crippen LogP) is 26.5. The molecule has 2 N–H and O–H groups in total. The molecule has 0 fully saturated rings. The third-order valence-electron chi connectivity index (χ3n) is 23.3. The van der Waals surface area contributed by atoms with E-state index in [0.717, 1.165) is 122 Å². The van der Waals surface area contributed by atoms with Crippen LogP contribution in [-0.2, 0) is 52.8 Å². The molecule has 0 saturated carbocycles. The van der Waals surface area contributed by atoms with Gasteiger partial charge >= 0.3 is 11.9 Å². The maximum absolute atomic E-state index is 14.8. The molecule has 0 spiro atoms. The molecule has 11 aromatic rings. The Labute approximate surface area is 702 Å². The third-order valence-corrected chi connectivity index (χ3v) is 23.3. The fourth-order valence-electron chi connectivity index (χ4n) is 15.6. The molecule has 0 aliphatic carbocycles. The Kier molecular flexibility index (Phi) is 21.8. The summed E-state index contributed by atoms with van der Waals surface area (Å²) in [6.07, 6.45) is 8.72. The second kappa shape index (κ2) is 30.5. The number of fused-ring (bicyclic) bond motifs is 14. The van der Waals surface area contributed by atoms with Crippen molar-refractivity contribution in [1.82, 2.24) is 19.9 Å². The van der Waals surface area contributed by atoms with Crippen LogP contribution in [0.1, 0.15) is 276 Å². The number of anilines is 2. The number of methoxy groups -OCH3 is 2. The van der Waals surface area contributed by atoms with Crippen LogP contribution in [0.25, 0.3) is 112 Å². The number of nitrogens with zero attached hydrogens (tertiary/aromatic N) is 4. The summed E-state index contributed by atoms with van der Waals surface area (Å²) in [4.78, 5) is 54.8. The summed E-state index contributed by atoms with van der Waals surface area (Å²) in [5.41, 5.74) is 25.0. The first kappa shape index (κ1) is 84.5. The minimum absolute atomic E-state index is 0.0533. The Bertz CT molecular complexity index is 5790. The number of hydrogen-bond donors (Lipinski definition) is 2. The van der Waals surface area contributed by atoms with Crippen molar-refractivity contribution < 1.29 is 19.1 Å². The zero-order chi connectivity index (χ0) is 86.0. The van der Waals surface area contributed by atoms with Crippen LogP contribution in [0.4, 0.5) is 11.4 Å². The van der Waals surface area contributed by atoms with E-state index in [1.165, 1.54) is 36.5 Å². The average Bonchev–Trinajstić information content (AvgIpc) is 1.56. The molecule has 2 aliphatic heterocycles. The summed E-state index contributed by atoms with van der Waals surface area (Å²) in [6.45, 7) is 54.7. The number of aromatic amines is 2. The van der Waals surface area contributed by atoms with Gasteiger partial charge in [-0.3, -0.25) is 0 Å². The first-order valence-corrected chi connectivity index (χ1v) is 41.5. The Morgan fingerprint density at radius 1 is 0.297 bits per heavy atom. The normalized spacial score (nSPS) is 12.9. The van der Waals surface area contributed by atoms with E-state index in [2.05, 4.69) is 396 Å². The van der Waals surface area contributed by atoms with Crippen molar-refractivity contribution in [2.45, 2.75) is 209 Å². The van der Waals surface area contributed by atoms with E-state index in [4.69, 9.17) is 19.4 Å². The van der Waals surface area contributed by atoms with Crippen molar-refractivity contribution in [3.8, 4) is 68.2 Å². The van der Waals surface area contributed by atoms with Crippen LogP contribution in [0.5, 0.6) is 0 Å². The summed E-state index contributed by atoms with van der Waals surface area (Å²) >= 11 is 0. The lowest BCUT2D eigenvalue weighted by atomic mass is 9.78. The van der Waals surface area contributed by atoms with Crippen LogP contribution < -0.4 is 9.80 Å². The Morgan fingerprint density at radius 2 is 0.508 bits per heavy atom. The molecular formula is C108H120N6O4. The summed E-state index contributed by atoms with van der Waals surface area (Å²) in [7, 11) is 10.9. The number of rotatable bonds is 8. The van der Waals surface area contributed by atoms with Crippen LogP contribution in [0.15, 0.2) is 146 Å². The number of ether oxygens (including phenoxy) is 2. The van der Waals surface area contributed by atoms with E-state index in [0.29, 0.717) is 44.6 Å². The number of benzene rings is 8. The molecule has 10 heteroatoms. The number of esters is 2. The maximum atomic E-state index is 14.8. The van der Waals surface area contributed by atoms with Gasteiger partial charge < -0.3 is 29.2 Å². The fraction of sp³-hybridized carbons (Fsp3) is 0.352. The van der Waals surface area contributed by atoms with Gasteiger partial charge in [0.25, 0.3) is 0 Å². The lowest BCUT2D eigenvalue weighted by Crippen LogP contribution is -2.16. The van der Waals surface area contributed by atoms with Gasteiger partial charge in [0, 0.05) is 106 Å². The number of carbonyl (C=O) groups excluding carboxylic acids is 2. The summed E-state index contributed by atoms with van der Waals surface area (Å²) in [5.74, 6) is 13.5. The molecule has 3 aromatic heterocycles. The molecule has 13 rings (SSSR count). The molecule has 118 heavy (non-hydrogen) atoms. The van der Waals surface area contributed by atoms with Crippen LogP contribution in [0, 0.1) is 23.7 Å². The first-order valence-electron chi connectivity index (χ1n) is 41.5. The highest BCUT2D eigenvalue weighted by molar-refractivity contribution is 6.22. The molecule has 0 unspecified atom stereocenters. The lowest BCUT2D eigenvalue weighted by molar-refractivity contribution is 0.0555. The number of carbonyl (C=O) groups is 2. The minimum Gasteiger partial charge on any atom is -0.465 e. The molecule has 10 nitrogen and oxygen atoms in total. The van der Waals surface area contributed by atoms with Crippen molar-refractivity contribution in [3.05, 3.63) is 246 Å². The van der Waals surface area contributed by atoms with Crippen molar-refractivity contribution in [1.29, 1.82) is 0 Å². The SMILES string of the molecule is COC(=O)c1cc2c3[nH]c(c(-c4cc(C(C)(C)C)cc(C(C)(C)C)c4)c4nc(c(-c5cc(C(C)(C)C)cc(C(C)(C)C)c5)c5[nH]c(c(-c6cc(C(C)(C)C)cc(C(C)(C)C)c6)c6nc(c3-c3cc(C(C)(C)C)cc(C(C)(C)C)c3)C=C6)c3cc(C#Cc6ccc(N(C)C)cc6)c(C#Cc6ccc(N(C)C)cc6)cc53)C=C4)c2cc1C(=O)OC.